The third-order valence-electron chi connectivity index (χ3n) is 4.57. The smallest absolute Gasteiger partial charge is 0.0349 e. The molecule has 0 bridgehead atoms. The van der Waals surface area contributed by atoms with Gasteiger partial charge >= 0.3 is 0 Å². The first kappa shape index (κ1) is 10.5. The van der Waals surface area contributed by atoms with Crippen molar-refractivity contribution in [3.8, 4) is 0 Å². The highest BCUT2D eigenvalue weighted by atomic mass is 14.6. The van der Waals surface area contributed by atoms with Crippen LogP contribution in [0, 0.1) is 5.41 Å². The maximum Gasteiger partial charge on any atom is 0.0349 e. The number of hydrogen-bond acceptors (Lipinski definition) is 1. The van der Waals surface area contributed by atoms with Gasteiger partial charge in [-0.2, -0.15) is 0 Å². The first-order valence-electron chi connectivity index (χ1n) is 6.02. The summed E-state index contributed by atoms with van der Waals surface area (Å²) in [4.78, 5) is 0. The summed E-state index contributed by atoms with van der Waals surface area (Å²) in [7, 11) is 0. The van der Waals surface area contributed by atoms with Crippen LogP contribution in [-0.4, -0.2) is 0 Å². The van der Waals surface area contributed by atoms with Crippen LogP contribution in [0.1, 0.15) is 50.7 Å². The Labute approximate surface area is 92.7 Å². The summed E-state index contributed by atoms with van der Waals surface area (Å²) in [5.74, 6) is 0.658. The maximum absolute atomic E-state index is 6.06. The fraction of sp³-hybridized carbons (Fsp3) is 0.571. The van der Waals surface area contributed by atoms with Gasteiger partial charge in [-0.3, -0.25) is 0 Å². The second-order valence-electron chi connectivity index (χ2n) is 4.88. The van der Waals surface area contributed by atoms with Gasteiger partial charge in [0.25, 0.3) is 0 Å². The van der Waals surface area contributed by atoms with Crippen molar-refractivity contribution in [2.75, 3.05) is 5.73 Å². The summed E-state index contributed by atoms with van der Waals surface area (Å²) in [6.07, 6.45) is 3.67. The molecule has 0 unspecified atom stereocenters. The Morgan fingerprint density at radius 1 is 1.33 bits per heavy atom. The highest BCUT2D eigenvalue weighted by Gasteiger charge is 2.41. The predicted molar refractivity (Wildman–Crippen MR) is 66.0 cm³/mol. The van der Waals surface area contributed by atoms with Crippen molar-refractivity contribution >= 4 is 5.69 Å². The van der Waals surface area contributed by atoms with Gasteiger partial charge in [-0.25, -0.2) is 0 Å². The zero-order chi connectivity index (χ0) is 11.1. The number of nitrogens with two attached hydrogens (primary N) is 1. The molecule has 1 aliphatic carbocycles. The molecule has 15 heavy (non-hydrogen) atoms. The van der Waals surface area contributed by atoms with Crippen LogP contribution >= 0.6 is 0 Å². The molecule has 1 nitrogen and oxygen atoms in total. The van der Waals surface area contributed by atoms with E-state index in [9.17, 15) is 0 Å². The van der Waals surface area contributed by atoms with E-state index in [1.165, 1.54) is 30.4 Å². The average Bonchev–Trinajstić information content (AvgIpc) is 2.55. The average molecular weight is 203 g/mol. The zero-order valence-electron chi connectivity index (χ0n) is 10.0. The fourth-order valence-electron chi connectivity index (χ4n) is 3.18. The number of fused-ring (bicyclic) bond motifs is 1. The Hall–Kier alpha value is -0.980. The van der Waals surface area contributed by atoms with E-state index >= 15 is 0 Å². The molecule has 1 aromatic rings. The van der Waals surface area contributed by atoms with Crippen molar-refractivity contribution in [1.82, 2.24) is 0 Å². The molecular weight excluding hydrogens is 182 g/mol. The molecule has 1 atom stereocenters. The van der Waals surface area contributed by atoms with E-state index in [1.807, 2.05) is 6.07 Å². The van der Waals surface area contributed by atoms with Gasteiger partial charge in [-0.15, -0.1) is 0 Å². The van der Waals surface area contributed by atoms with E-state index in [4.69, 9.17) is 5.73 Å². The lowest BCUT2D eigenvalue weighted by Crippen LogP contribution is -2.22. The molecule has 82 valence electrons. The molecular formula is C14H21N. The van der Waals surface area contributed by atoms with Crippen LogP contribution in [0.2, 0.25) is 0 Å². The SMILES string of the molecule is CCC1(CC)Cc2c(N)cccc2[C@@H]1C. The van der Waals surface area contributed by atoms with Gasteiger partial charge < -0.3 is 5.73 Å². The van der Waals surface area contributed by atoms with Gasteiger partial charge in [0, 0.05) is 5.69 Å². The number of rotatable bonds is 2. The van der Waals surface area contributed by atoms with E-state index in [-0.39, 0.29) is 0 Å². The number of anilines is 1. The number of benzene rings is 1. The van der Waals surface area contributed by atoms with Crippen molar-refractivity contribution in [2.45, 2.75) is 46.0 Å². The van der Waals surface area contributed by atoms with Crippen LogP contribution in [0.3, 0.4) is 0 Å². The lowest BCUT2D eigenvalue weighted by Gasteiger charge is -2.31. The van der Waals surface area contributed by atoms with Crippen molar-refractivity contribution in [2.24, 2.45) is 5.41 Å². The van der Waals surface area contributed by atoms with E-state index < -0.39 is 0 Å². The van der Waals surface area contributed by atoms with Crippen molar-refractivity contribution in [3.05, 3.63) is 29.3 Å². The molecule has 1 aliphatic rings. The molecule has 0 aromatic heterocycles. The summed E-state index contributed by atoms with van der Waals surface area (Å²) in [6.45, 7) is 6.97. The standard InChI is InChI=1S/C14H21N/c1-4-14(5-2)9-12-11(10(14)3)7-6-8-13(12)15/h6-8,10H,4-5,9,15H2,1-3H3/t10-/m0/s1. The van der Waals surface area contributed by atoms with E-state index in [2.05, 4.69) is 32.9 Å². The molecule has 2 N–H and O–H groups in total. The molecule has 0 saturated carbocycles. The molecule has 0 amide bonds. The second-order valence-corrected chi connectivity index (χ2v) is 4.88. The molecule has 2 rings (SSSR count). The Kier molecular flexibility index (Phi) is 2.49. The van der Waals surface area contributed by atoms with Crippen LogP contribution in [-0.2, 0) is 6.42 Å². The van der Waals surface area contributed by atoms with Crippen molar-refractivity contribution in [3.63, 3.8) is 0 Å². The lowest BCUT2D eigenvalue weighted by atomic mass is 9.73. The van der Waals surface area contributed by atoms with Crippen LogP contribution in [0.15, 0.2) is 18.2 Å². The summed E-state index contributed by atoms with van der Waals surface area (Å²) >= 11 is 0. The van der Waals surface area contributed by atoms with Gasteiger partial charge in [0.05, 0.1) is 0 Å². The molecule has 0 aliphatic heterocycles. The summed E-state index contributed by atoms with van der Waals surface area (Å²) in [5.41, 5.74) is 10.4. The maximum atomic E-state index is 6.06. The summed E-state index contributed by atoms with van der Waals surface area (Å²) < 4.78 is 0. The van der Waals surface area contributed by atoms with E-state index in [0.29, 0.717) is 11.3 Å². The minimum Gasteiger partial charge on any atom is -0.398 e. The Bertz CT molecular complexity index is 364. The van der Waals surface area contributed by atoms with Gasteiger partial charge in [0.15, 0.2) is 0 Å². The molecule has 0 radical (unpaired) electrons. The molecule has 0 saturated heterocycles. The van der Waals surface area contributed by atoms with Crippen molar-refractivity contribution < 1.29 is 0 Å². The molecule has 0 spiro atoms. The fourth-order valence-corrected chi connectivity index (χ4v) is 3.18. The second kappa shape index (κ2) is 3.55. The first-order valence-corrected chi connectivity index (χ1v) is 6.02. The molecule has 1 aromatic carbocycles. The zero-order valence-corrected chi connectivity index (χ0v) is 10.0. The van der Waals surface area contributed by atoms with Crippen LogP contribution in [0.25, 0.3) is 0 Å². The topological polar surface area (TPSA) is 26.0 Å². The molecule has 1 heteroatoms. The Morgan fingerprint density at radius 3 is 2.53 bits per heavy atom. The number of nitrogen functional groups attached to an aromatic ring is 1. The first-order chi connectivity index (χ1) is 7.14. The largest absolute Gasteiger partial charge is 0.398 e. The van der Waals surface area contributed by atoms with Gasteiger partial charge in [-0.05, 0) is 47.8 Å². The Balaban J connectivity index is 2.49. The van der Waals surface area contributed by atoms with Gasteiger partial charge in [0.2, 0.25) is 0 Å². The highest BCUT2D eigenvalue weighted by Crippen LogP contribution is 2.52. The summed E-state index contributed by atoms with van der Waals surface area (Å²) in [6, 6.07) is 6.38. The normalized spacial score (nSPS) is 22.7. The van der Waals surface area contributed by atoms with Gasteiger partial charge in [-0.1, -0.05) is 32.9 Å². The lowest BCUT2D eigenvalue weighted by molar-refractivity contribution is 0.234. The molecule has 0 heterocycles. The summed E-state index contributed by atoms with van der Waals surface area (Å²) in [5, 5.41) is 0. The quantitative estimate of drug-likeness (QED) is 0.728. The van der Waals surface area contributed by atoms with Crippen LogP contribution < -0.4 is 5.73 Å². The minimum absolute atomic E-state index is 0.456. The molecule has 0 fully saturated rings. The Morgan fingerprint density at radius 2 is 2.00 bits per heavy atom. The van der Waals surface area contributed by atoms with Crippen LogP contribution in [0.5, 0.6) is 0 Å². The number of hydrogen-bond donors (Lipinski definition) is 1. The third kappa shape index (κ3) is 1.37. The monoisotopic (exact) mass is 203 g/mol. The van der Waals surface area contributed by atoms with Gasteiger partial charge in [0.1, 0.15) is 0 Å². The van der Waals surface area contributed by atoms with E-state index in [0.717, 1.165) is 5.69 Å². The minimum atomic E-state index is 0.456. The van der Waals surface area contributed by atoms with E-state index in [1.54, 1.807) is 0 Å². The predicted octanol–water partition coefficient (Wildman–Crippen LogP) is 3.73. The van der Waals surface area contributed by atoms with Crippen molar-refractivity contribution in [1.29, 1.82) is 0 Å². The third-order valence-corrected chi connectivity index (χ3v) is 4.57. The highest BCUT2D eigenvalue weighted by molar-refractivity contribution is 5.55. The van der Waals surface area contributed by atoms with Crippen LogP contribution in [0.4, 0.5) is 5.69 Å².